The standard InChI is InChI=1S/C23H25ClN4O2S2.ClH/c1-28-9-8-17-20(12-28)32-23(27-17)22(30)26-16-5-3-2-4-15(16)25-21(29)19-10-13-6-7-14(24)11-18(13)31-19;/h6-7,10-11,15-16H,2-5,8-9,12H2,1H3,(H,25,29)(H,26,30);1H/t15-,16-;/m1./s1. The van der Waals surface area contributed by atoms with E-state index in [0.717, 1.165) is 61.0 Å². The number of carbonyl (C=O) groups is 2. The van der Waals surface area contributed by atoms with Gasteiger partial charge in [-0.2, -0.15) is 0 Å². The van der Waals surface area contributed by atoms with Gasteiger partial charge in [-0.1, -0.05) is 30.5 Å². The first-order valence-electron chi connectivity index (χ1n) is 10.9. The zero-order chi connectivity index (χ0) is 22.2. The van der Waals surface area contributed by atoms with Crippen molar-refractivity contribution >= 4 is 68.6 Å². The fraction of sp³-hybridized carbons (Fsp3) is 0.435. The zero-order valence-electron chi connectivity index (χ0n) is 18.2. The van der Waals surface area contributed by atoms with Crippen LogP contribution in [0, 0.1) is 0 Å². The minimum absolute atomic E-state index is 0. The summed E-state index contributed by atoms with van der Waals surface area (Å²) in [6, 6.07) is 7.37. The maximum Gasteiger partial charge on any atom is 0.280 e. The van der Waals surface area contributed by atoms with Gasteiger partial charge in [-0.05, 0) is 43.5 Å². The van der Waals surface area contributed by atoms with Gasteiger partial charge in [0.05, 0.1) is 10.6 Å². The highest BCUT2D eigenvalue weighted by Gasteiger charge is 2.30. The van der Waals surface area contributed by atoms with E-state index in [-0.39, 0.29) is 36.3 Å². The Bertz CT molecular complexity index is 1180. The monoisotopic (exact) mass is 524 g/mol. The number of nitrogens with one attached hydrogen (secondary N) is 2. The van der Waals surface area contributed by atoms with Crippen LogP contribution in [0.15, 0.2) is 24.3 Å². The average molecular weight is 526 g/mol. The number of thiophene rings is 1. The molecule has 2 atom stereocenters. The van der Waals surface area contributed by atoms with Crippen LogP contribution in [-0.2, 0) is 13.0 Å². The molecule has 3 aromatic rings. The first kappa shape index (κ1) is 24.4. The highest BCUT2D eigenvalue weighted by atomic mass is 35.5. The first-order valence-corrected chi connectivity index (χ1v) is 13.0. The predicted molar refractivity (Wildman–Crippen MR) is 137 cm³/mol. The van der Waals surface area contributed by atoms with Crippen LogP contribution in [0.1, 0.15) is 55.7 Å². The second-order valence-corrected chi connectivity index (χ2v) is 11.2. The average Bonchev–Trinajstić information content (AvgIpc) is 3.38. The van der Waals surface area contributed by atoms with Gasteiger partial charge < -0.3 is 15.5 Å². The first-order chi connectivity index (χ1) is 15.5. The number of benzene rings is 1. The predicted octanol–water partition coefficient (Wildman–Crippen LogP) is 4.89. The number of aromatic nitrogens is 1. The van der Waals surface area contributed by atoms with Gasteiger partial charge in [0.1, 0.15) is 0 Å². The van der Waals surface area contributed by atoms with E-state index in [2.05, 4.69) is 27.6 Å². The van der Waals surface area contributed by atoms with E-state index in [1.807, 2.05) is 24.3 Å². The molecule has 3 heterocycles. The van der Waals surface area contributed by atoms with E-state index in [4.69, 9.17) is 11.6 Å². The summed E-state index contributed by atoms with van der Waals surface area (Å²) in [5.74, 6) is -0.226. The van der Waals surface area contributed by atoms with Gasteiger partial charge in [0.2, 0.25) is 0 Å². The highest BCUT2D eigenvalue weighted by molar-refractivity contribution is 7.20. The van der Waals surface area contributed by atoms with Crippen molar-refractivity contribution in [3.05, 3.63) is 49.7 Å². The lowest BCUT2D eigenvalue weighted by atomic mass is 9.90. The number of thiazole rings is 1. The summed E-state index contributed by atoms with van der Waals surface area (Å²) in [5.41, 5.74) is 1.05. The molecule has 1 aliphatic carbocycles. The zero-order valence-corrected chi connectivity index (χ0v) is 21.4. The van der Waals surface area contributed by atoms with Crippen molar-refractivity contribution in [3.8, 4) is 0 Å². The summed E-state index contributed by atoms with van der Waals surface area (Å²) >= 11 is 9.01. The molecule has 0 unspecified atom stereocenters. The number of rotatable bonds is 4. The Morgan fingerprint density at radius 1 is 1.09 bits per heavy atom. The molecular weight excluding hydrogens is 499 g/mol. The lowest BCUT2D eigenvalue weighted by molar-refractivity contribution is 0.0864. The lowest BCUT2D eigenvalue weighted by Gasteiger charge is -2.32. The van der Waals surface area contributed by atoms with Crippen molar-refractivity contribution in [2.24, 2.45) is 0 Å². The number of carbonyl (C=O) groups excluding carboxylic acids is 2. The molecule has 1 saturated carbocycles. The van der Waals surface area contributed by atoms with Crippen molar-refractivity contribution in [3.63, 3.8) is 0 Å². The van der Waals surface area contributed by atoms with Crippen LogP contribution in [0.2, 0.25) is 5.02 Å². The molecule has 10 heteroatoms. The minimum Gasteiger partial charge on any atom is -0.347 e. The number of fused-ring (bicyclic) bond motifs is 2. The molecular formula is C23H26Cl2N4O2S2. The van der Waals surface area contributed by atoms with Crippen molar-refractivity contribution in [1.29, 1.82) is 0 Å². The molecule has 2 amide bonds. The smallest absolute Gasteiger partial charge is 0.280 e. The third-order valence-electron chi connectivity index (χ3n) is 6.22. The van der Waals surface area contributed by atoms with E-state index < -0.39 is 0 Å². The third-order valence-corrected chi connectivity index (χ3v) is 8.63. The van der Waals surface area contributed by atoms with Crippen LogP contribution in [0.5, 0.6) is 0 Å². The number of hydrogen-bond donors (Lipinski definition) is 2. The second kappa shape index (κ2) is 10.3. The molecule has 0 saturated heterocycles. The topological polar surface area (TPSA) is 74.3 Å². The van der Waals surface area contributed by atoms with Gasteiger partial charge in [0.15, 0.2) is 5.01 Å². The Kier molecular flexibility index (Phi) is 7.60. The third kappa shape index (κ3) is 5.35. The van der Waals surface area contributed by atoms with E-state index >= 15 is 0 Å². The van der Waals surface area contributed by atoms with Gasteiger partial charge in [0.25, 0.3) is 11.8 Å². The fourth-order valence-electron chi connectivity index (χ4n) is 4.48. The summed E-state index contributed by atoms with van der Waals surface area (Å²) < 4.78 is 0.995. The van der Waals surface area contributed by atoms with E-state index in [9.17, 15) is 9.59 Å². The Balaban J connectivity index is 0.00000259. The molecule has 0 spiro atoms. The Morgan fingerprint density at radius 3 is 2.58 bits per heavy atom. The molecule has 1 aliphatic heterocycles. The molecule has 6 nitrogen and oxygen atoms in total. The largest absolute Gasteiger partial charge is 0.347 e. The maximum atomic E-state index is 13.0. The molecule has 2 N–H and O–H groups in total. The van der Waals surface area contributed by atoms with Crippen LogP contribution in [0.4, 0.5) is 0 Å². The molecule has 1 fully saturated rings. The van der Waals surface area contributed by atoms with Crippen LogP contribution < -0.4 is 10.6 Å². The van der Waals surface area contributed by atoms with E-state index in [1.54, 1.807) is 0 Å². The molecule has 176 valence electrons. The molecule has 0 radical (unpaired) electrons. The second-order valence-electron chi connectivity index (χ2n) is 8.61. The molecule has 33 heavy (non-hydrogen) atoms. The van der Waals surface area contributed by atoms with Crippen LogP contribution >= 0.6 is 46.7 Å². The van der Waals surface area contributed by atoms with Crippen molar-refractivity contribution < 1.29 is 9.59 Å². The van der Waals surface area contributed by atoms with E-state index in [1.165, 1.54) is 27.6 Å². The lowest BCUT2D eigenvalue weighted by Crippen LogP contribution is -2.53. The summed E-state index contributed by atoms with van der Waals surface area (Å²) in [7, 11) is 2.09. The molecule has 2 aliphatic rings. The number of amides is 2. The summed E-state index contributed by atoms with van der Waals surface area (Å²) in [4.78, 5) is 34.6. The van der Waals surface area contributed by atoms with E-state index in [0.29, 0.717) is 14.9 Å². The Labute approximate surface area is 212 Å². The van der Waals surface area contributed by atoms with Crippen molar-refractivity contribution in [2.75, 3.05) is 13.6 Å². The fourth-order valence-corrected chi connectivity index (χ4v) is 6.82. The normalized spacial score (nSPS) is 20.7. The highest BCUT2D eigenvalue weighted by Crippen LogP contribution is 2.29. The summed E-state index contributed by atoms with van der Waals surface area (Å²) in [6.07, 6.45) is 4.67. The van der Waals surface area contributed by atoms with Gasteiger partial charge in [-0.3, -0.25) is 9.59 Å². The summed E-state index contributed by atoms with van der Waals surface area (Å²) in [5, 5.41) is 8.54. The van der Waals surface area contributed by atoms with Crippen molar-refractivity contribution in [2.45, 2.75) is 50.7 Å². The molecule has 0 bridgehead atoms. The van der Waals surface area contributed by atoms with Gasteiger partial charge >= 0.3 is 0 Å². The number of halogens is 2. The quantitative estimate of drug-likeness (QED) is 0.509. The summed E-state index contributed by atoms with van der Waals surface area (Å²) in [6.45, 7) is 1.82. The molecule has 2 aromatic heterocycles. The minimum atomic E-state index is -0.130. The number of hydrogen-bond acceptors (Lipinski definition) is 6. The Morgan fingerprint density at radius 2 is 1.82 bits per heavy atom. The van der Waals surface area contributed by atoms with Crippen LogP contribution in [0.25, 0.3) is 10.1 Å². The maximum absolute atomic E-state index is 13.0. The van der Waals surface area contributed by atoms with Crippen LogP contribution in [-0.4, -0.2) is 47.4 Å². The van der Waals surface area contributed by atoms with Crippen LogP contribution in [0.3, 0.4) is 0 Å². The number of likely N-dealkylation sites (N-methyl/N-ethyl adjacent to an activating group) is 1. The number of nitrogens with zero attached hydrogens (tertiary/aromatic N) is 2. The Hall–Kier alpha value is -1.71. The van der Waals surface area contributed by atoms with Gasteiger partial charge in [-0.25, -0.2) is 4.98 Å². The SMILES string of the molecule is CN1CCc2nc(C(=O)N[C@@H]3CCCC[C@H]3NC(=O)c3cc4ccc(Cl)cc4s3)sc2C1.Cl. The van der Waals surface area contributed by atoms with Crippen molar-refractivity contribution in [1.82, 2.24) is 20.5 Å². The molecule has 5 rings (SSSR count). The van der Waals surface area contributed by atoms with Gasteiger partial charge in [-0.15, -0.1) is 35.1 Å². The molecule has 1 aromatic carbocycles. The van der Waals surface area contributed by atoms with Gasteiger partial charge in [0, 0.05) is 46.2 Å².